The van der Waals surface area contributed by atoms with Crippen molar-refractivity contribution in [1.29, 1.82) is 0 Å². The van der Waals surface area contributed by atoms with E-state index in [9.17, 15) is 4.79 Å². The lowest BCUT2D eigenvalue weighted by atomic mass is 9.96. The molecule has 0 fully saturated rings. The van der Waals surface area contributed by atoms with Crippen LogP contribution in [0.5, 0.6) is 5.75 Å². The Labute approximate surface area is 149 Å². The number of allylic oxidation sites excluding steroid dienone is 3. The molecule has 4 nitrogen and oxygen atoms in total. The van der Waals surface area contributed by atoms with Gasteiger partial charge >= 0.3 is 0 Å². The number of methoxy groups -OCH3 is 1. The third-order valence-corrected chi connectivity index (χ3v) is 3.89. The van der Waals surface area contributed by atoms with Gasteiger partial charge in [0.1, 0.15) is 5.75 Å². The number of ether oxygens (including phenoxy) is 1. The first-order valence-corrected chi connectivity index (χ1v) is 8.31. The molecule has 1 amide bonds. The fraction of sp³-hybridized carbons (Fsp3) is 0.238. The number of aromatic nitrogens is 1. The molecule has 1 N–H and O–H groups in total. The summed E-state index contributed by atoms with van der Waals surface area (Å²) in [6.45, 7) is 4.04. The van der Waals surface area contributed by atoms with E-state index in [0.29, 0.717) is 11.3 Å². The summed E-state index contributed by atoms with van der Waals surface area (Å²) in [7, 11) is 3.25. The highest BCUT2D eigenvalue weighted by Gasteiger charge is 2.15. The Hall–Kier alpha value is -2.88. The Kier molecular flexibility index (Phi) is 6.52. The van der Waals surface area contributed by atoms with Gasteiger partial charge in [0.25, 0.3) is 5.91 Å². The van der Waals surface area contributed by atoms with Crippen LogP contribution < -0.4 is 10.1 Å². The zero-order valence-corrected chi connectivity index (χ0v) is 15.2. The average Bonchev–Trinajstić information content (AvgIpc) is 2.66. The van der Waals surface area contributed by atoms with Gasteiger partial charge in [0.05, 0.1) is 12.8 Å². The minimum atomic E-state index is -0.144. The zero-order chi connectivity index (χ0) is 18.2. The highest BCUT2D eigenvalue weighted by Crippen LogP contribution is 2.27. The maximum atomic E-state index is 12.6. The van der Waals surface area contributed by atoms with Crippen molar-refractivity contribution in [2.75, 3.05) is 14.2 Å². The van der Waals surface area contributed by atoms with E-state index < -0.39 is 0 Å². The Morgan fingerprint density at radius 2 is 2.08 bits per heavy atom. The fourth-order valence-electron chi connectivity index (χ4n) is 2.56. The molecule has 0 radical (unpaired) electrons. The number of amides is 1. The minimum Gasteiger partial charge on any atom is -0.497 e. The molecule has 1 aromatic carbocycles. The molecule has 2 aromatic rings. The van der Waals surface area contributed by atoms with Crippen LogP contribution in [0.2, 0.25) is 0 Å². The fourth-order valence-corrected chi connectivity index (χ4v) is 2.56. The van der Waals surface area contributed by atoms with Crippen LogP contribution in [-0.2, 0) is 4.79 Å². The monoisotopic (exact) mass is 336 g/mol. The van der Waals surface area contributed by atoms with Crippen molar-refractivity contribution in [3.05, 3.63) is 71.6 Å². The molecule has 1 heterocycles. The molecule has 0 atom stereocenters. The number of carbonyl (C=O) groups excluding carboxylic acids is 1. The second-order valence-electron chi connectivity index (χ2n) is 5.60. The third kappa shape index (κ3) is 4.57. The van der Waals surface area contributed by atoms with Crippen LogP contribution in [0.25, 0.3) is 11.1 Å². The van der Waals surface area contributed by atoms with Crippen LogP contribution in [0.15, 0.2) is 54.7 Å². The highest BCUT2D eigenvalue weighted by atomic mass is 16.5. The van der Waals surface area contributed by atoms with Crippen molar-refractivity contribution in [3.8, 4) is 5.75 Å². The topological polar surface area (TPSA) is 51.2 Å². The lowest BCUT2D eigenvalue weighted by molar-refractivity contribution is -0.115. The molecular weight excluding hydrogens is 312 g/mol. The number of hydrogen-bond acceptors (Lipinski definition) is 3. The highest BCUT2D eigenvalue weighted by molar-refractivity contribution is 6.21. The summed E-state index contributed by atoms with van der Waals surface area (Å²) >= 11 is 0. The molecule has 0 bridgehead atoms. The van der Waals surface area contributed by atoms with Crippen LogP contribution in [0.1, 0.15) is 30.2 Å². The Morgan fingerprint density at radius 3 is 2.68 bits per heavy atom. The lowest BCUT2D eigenvalue weighted by Crippen LogP contribution is -2.20. The van der Waals surface area contributed by atoms with Crippen molar-refractivity contribution >= 4 is 17.1 Å². The van der Waals surface area contributed by atoms with Crippen molar-refractivity contribution in [2.24, 2.45) is 0 Å². The van der Waals surface area contributed by atoms with E-state index in [0.717, 1.165) is 28.8 Å². The smallest absolute Gasteiger partial charge is 0.251 e. The number of aryl methyl sites for hydroxylation is 1. The SMILES string of the molecule is CC/C=C(/C=C(/C(=O)NC)c1cc(OC)ccc1C)c1ccccn1. The van der Waals surface area contributed by atoms with Gasteiger partial charge in [-0.1, -0.05) is 25.1 Å². The largest absolute Gasteiger partial charge is 0.497 e. The normalized spacial score (nSPS) is 12.0. The van der Waals surface area contributed by atoms with Gasteiger partial charge in [0, 0.05) is 18.8 Å². The minimum absolute atomic E-state index is 0.144. The van der Waals surface area contributed by atoms with Crippen molar-refractivity contribution < 1.29 is 9.53 Å². The van der Waals surface area contributed by atoms with Gasteiger partial charge in [-0.3, -0.25) is 9.78 Å². The number of nitrogens with one attached hydrogen (secondary N) is 1. The molecular formula is C21H24N2O2. The third-order valence-electron chi connectivity index (χ3n) is 3.89. The number of pyridine rings is 1. The van der Waals surface area contributed by atoms with E-state index >= 15 is 0 Å². The molecule has 2 rings (SSSR count). The molecule has 4 heteroatoms. The summed E-state index contributed by atoms with van der Waals surface area (Å²) in [6.07, 6.45) is 6.57. The number of hydrogen-bond donors (Lipinski definition) is 1. The first kappa shape index (κ1) is 18.5. The van der Waals surface area contributed by atoms with Gasteiger partial charge in [-0.05, 0) is 60.4 Å². The van der Waals surface area contributed by atoms with Gasteiger partial charge in [0.15, 0.2) is 0 Å². The molecule has 0 spiro atoms. The molecule has 0 saturated heterocycles. The Bertz CT molecular complexity index is 793. The summed E-state index contributed by atoms with van der Waals surface area (Å²) in [5.41, 5.74) is 4.20. The van der Waals surface area contributed by atoms with Crippen LogP contribution in [0.4, 0.5) is 0 Å². The standard InChI is InChI=1S/C21H24N2O2/c1-5-8-16(20-9-6-7-12-23-20)13-19(21(24)22-3)18-14-17(25-4)11-10-15(18)2/h6-14H,5H2,1-4H3,(H,22,24)/b16-8-,19-13+. The molecule has 0 aliphatic carbocycles. The number of benzene rings is 1. The van der Waals surface area contributed by atoms with Crippen molar-refractivity contribution in [3.63, 3.8) is 0 Å². The number of rotatable bonds is 6. The van der Waals surface area contributed by atoms with Crippen LogP contribution in [0.3, 0.4) is 0 Å². The van der Waals surface area contributed by atoms with Gasteiger partial charge in [-0.25, -0.2) is 0 Å². The molecule has 0 aliphatic heterocycles. The van der Waals surface area contributed by atoms with Gasteiger partial charge in [-0.2, -0.15) is 0 Å². The van der Waals surface area contributed by atoms with Gasteiger partial charge < -0.3 is 10.1 Å². The van der Waals surface area contributed by atoms with E-state index in [1.54, 1.807) is 20.4 Å². The van der Waals surface area contributed by atoms with Crippen molar-refractivity contribution in [1.82, 2.24) is 10.3 Å². The van der Waals surface area contributed by atoms with Gasteiger partial charge in [-0.15, -0.1) is 0 Å². The maximum Gasteiger partial charge on any atom is 0.251 e. The van der Waals surface area contributed by atoms with E-state index in [2.05, 4.69) is 23.3 Å². The van der Waals surface area contributed by atoms with E-state index in [1.807, 2.05) is 49.4 Å². The zero-order valence-electron chi connectivity index (χ0n) is 15.2. The second-order valence-corrected chi connectivity index (χ2v) is 5.60. The number of nitrogens with zero attached hydrogens (tertiary/aromatic N) is 1. The molecule has 0 unspecified atom stereocenters. The Morgan fingerprint density at radius 1 is 1.28 bits per heavy atom. The van der Waals surface area contributed by atoms with Crippen LogP contribution in [0, 0.1) is 6.92 Å². The predicted molar refractivity (Wildman–Crippen MR) is 102 cm³/mol. The van der Waals surface area contributed by atoms with E-state index in [1.165, 1.54) is 0 Å². The first-order chi connectivity index (χ1) is 12.1. The first-order valence-electron chi connectivity index (χ1n) is 8.31. The second kappa shape index (κ2) is 8.83. The Balaban J connectivity index is 2.62. The molecule has 0 saturated carbocycles. The summed E-state index contributed by atoms with van der Waals surface area (Å²) in [5.74, 6) is 0.573. The van der Waals surface area contributed by atoms with Crippen LogP contribution >= 0.6 is 0 Å². The molecule has 130 valence electrons. The summed E-state index contributed by atoms with van der Waals surface area (Å²) in [4.78, 5) is 17.0. The number of likely N-dealkylation sites (N-methyl/N-ethyl adjacent to an activating group) is 1. The molecule has 1 aromatic heterocycles. The van der Waals surface area contributed by atoms with E-state index in [4.69, 9.17) is 4.74 Å². The van der Waals surface area contributed by atoms with Gasteiger partial charge in [0.2, 0.25) is 0 Å². The summed E-state index contributed by atoms with van der Waals surface area (Å²) in [6, 6.07) is 11.5. The summed E-state index contributed by atoms with van der Waals surface area (Å²) < 4.78 is 5.32. The maximum absolute atomic E-state index is 12.6. The average molecular weight is 336 g/mol. The van der Waals surface area contributed by atoms with E-state index in [-0.39, 0.29) is 5.91 Å². The quantitative estimate of drug-likeness (QED) is 0.640. The predicted octanol–water partition coefficient (Wildman–Crippen LogP) is 4.02. The number of carbonyl (C=O) groups is 1. The van der Waals surface area contributed by atoms with Crippen molar-refractivity contribution in [2.45, 2.75) is 20.3 Å². The summed E-state index contributed by atoms with van der Waals surface area (Å²) in [5, 5.41) is 2.73. The molecule has 0 aliphatic rings. The van der Waals surface area contributed by atoms with Crippen LogP contribution in [-0.4, -0.2) is 25.0 Å². The molecule has 25 heavy (non-hydrogen) atoms. The lowest BCUT2D eigenvalue weighted by Gasteiger charge is -2.13.